The topological polar surface area (TPSA) is 99.2 Å². The summed E-state index contributed by atoms with van der Waals surface area (Å²) in [5, 5.41) is 4.99. The Hall–Kier alpha value is -6.28. The Morgan fingerprint density at radius 2 is 0.948 bits per heavy atom. The van der Waals surface area contributed by atoms with Gasteiger partial charge in [0, 0.05) is 43.9 Å². The minimum atomic E-state index is -0.764. The fourth-order valence-corrected chi connectivity index (χ4v) is 9.39. The molecule has 3 aliphatic rings. The highest BCUT2D eigenvalue weighted by Gasteiger charge is 2.40. The number of hydrogen-bond donors (Lipinski definition) is 0. The maximum absolute atomic E-state index is 14.8. The van der Waals surface area contributed by atoms with E-state index in [1.165, 1.54) is 4.90 Å². The largest absolute Gasteiger partial charge is 0.457 e. The molecule has 0 bridgehead atoms. The van der Waals surface area contributed by atoms with Crippen LogP contribution in [0.15, 0.2) is 84.9 Å². The SMILES string of the molecule is CC(C)(C)c1ccc(Oc2cc3c4c(ccc5c6c(Oc7ccc(C(C)(C)C)cc7)cc7c8c(ccc(c2c45)c86)C(=O)N(C2CCCCC2)C7=O)C(=O)OC3=O)cc1. The molecule has 58 heavy (non-hydrogen) atoms. The number of rotatable bonds is 5. The first kappa shape index (κ1) is 36.1. The van der Waals surface area contributed by atoms with Crippen LogP contribution in [0.4, 0.5) is 0 Å². The fraction of sp³-hybridized carbons (Fsp3) is 0.280. The van der Waals surface area contributed by atoms with Crippen molar-refractivity contribution in [1.82, 2.24) is 4.90 Å². The molecule has 0 radical (unpaired) electrons. The Morgan fingerprint density at radius 3 is 1.47 bits per heavy atom. The van der Waals surface area contributed by atoms with Crippen molar-refractivity contribution < 1.29 is 33.4 Å². The van der Waals surface area contributed by atoms with Crippen molar-refractivity contribution in [1.29, 1.82) is 0 Å². The minimum Gasteiger partial charge on any atom is -0.457 e. The highest BCUT2D eigenvalue weighted by molar-refractivity contribution is 6.42. The van der Waals surface area contributed by atoms with E-state index >= 15 is 0 Å². The lowest BCUT2D eigenvalue weighted by molar-refractivity contribution is 0.0388. The Morgan fingerprint density at radius 1 is 0.500 bits per heavy atom. The number of ether oxygens (including phenoxy) is 3. The quantitative estimate of drug-likeness (QED) is 0.0565. The monoisotopic (exact) mass is 769 g/mol. The third-order valence-electron chi connectivity index (χ3n) is 12.4. The smallest absolute Gasteiger partial charge is 0.346 e. The molecule has 2 aliphatic heterocycles. The number of carbonyl (C=O) groups excluding carboxylic acids is 4. The van der Waals surface area contributed by atoms with Crippen LogP contribution in [-0.4, -0.2) is 34.7 Å². The van der Waals surface area contributed by atoms with Crippen LogP contribution in [0, 0.1) is 0 Å². The van der Waals surface area contributed by atoms with Crippen molar-refractivity contribution in [3.63, 3.8) is 0 Å². The summed E-state index contributed by atoms with van der Waals surface area (Å²) in [5.41, 5.74) is 3.45. The highest BCUT2D eigenvalue weighted by Crippen LogP contribution is 2.53. The highest BCUT2D eigenvalue weighted by atomic mass is 16.6. The van der Waals surface area contributed by atoms with Gasteiger partial charge in [0.15, 0.2) is 0 Å². The van der Waals surface area contributed by atoms with Crippen LogP contribution >= 0.6 is 0 Å². The lowest BCUT2D eigenvalue weighted by atomic mass is 9.81. The fourth-order valence-electron chi connectivity index (χ4n) is 9.39. The Labute approximate surface area is 336 Å². The third-order valence-corrected chi connectivity index (χ3v) is 12.4. The molecule has 0 N–H and O–H groups in total. The molecular weight excluding hydrogens is 727 g/mol. The summed E-state index contributed by atoms with van der Waals surface area (Å²) in [6.07, 6.45) is 4.55. The van der Waals surface area contributed by atoms with Crippen LogP contribution in [0.3, 0.4) is 0 Å². The molecule has 290 valence electrons. The average Bonchev–Trinajstić information content (AvgIpc) is 3.19. The Kier molecular flexibility index (Phi) is 7.85. The normalized spacial score (nSPS) is 16.3. The number of hydrogen-bond acceptors (Lipinski definition) is 7. The van der Waals surface area contributed by atoms with Crippen LogP contribution in [-0.2, 0) is 15.6 Å². The van der Waals surface area contributed by atoms with Crippen molar-refractivity contribution in [3.05, 3.63) is 118 Å². The van der Waals surface area contributed by atoms with Crippen molar-refractivity contribution in [2.75, 3.05) is 0 Å². The van der Waals surface area contributed by atoms with Gasteiger partial charge in [0.1, 0.15) is 23.0 Å². The third kappa shape index (κ3) is 5.41. The molecule has 0 saturated heterocycles. The Balaban J connectivity index is 1.30. The lowest BCUT2D eigenvalue weighted by Crippen LogP contribution is -2.47. The number of cyclic esters (lactones) is 2. The molecule has 1 fully saturated rings. The number of amides is 2. The first-order chi connectivity index (χ1) is 27.7. The molecule has 2 amide bonds. The summed E-state index contributed by atoms with van der Waals surface area (Å²) in [7, 11) is 0. The second-order valence-electron chi connectivity index (χ2n) is 18.1. The maximum atomic E-state index is 14.8. The molecule has 1 saturated carbocycles. The van der Waals surface area contributed by atoms with Gasteiger partial charge in [-0.25, -0.2) is 9.59 Å². The van der Waals surface area contributed by atoms with E-state index in [1.807, 2.05) is 66.7 Å². The van der Waals surface area contributed by atoms with Gasteiger partial charge in [-0.15, -0.1) is 0 Å². The van der Waals surface area contributed by atoms with Crippen molar-refractivity contribution in [2.45, 2.75) is 90.5 Å². The molecule has 2 heterocycles. The predicted octanol–water partition coefficient (Wildman–Crippen LogP) is 12.2. The van der Waals surface area contributed by atoms with E-state index in [1.54, 1.807) is 18.2 Å². The van der Waals surface area contributed by atoms with Gasteiger partial charge >= 0.3 is 11.9 Å². The predicted molar refractivity (Wildman–Crippen MR) is 225 cm³/mol. The summed E-state index contributed by atoms with van der Waals surface area (Å²) in [4.78, 5) is 57.7. The molecule has 7 aromatic rings. The van der Waals surface area contributed by atoms with Gasteiger partial charge in [-0.05, 0) is 94.1 Å². The van der Waals surface area contributed by atoms with Gasteiger partial charge in [-0.3, -0.25) is 14.5 Å². The molecule has 8 nitrogen and oxygen atoms in total. The van der Waals surface area contributed by atoms with Gasteiger partial charge in [0.2, 0.25) is 0 Å². The van der Waals surface area contributed by atoms with Gasteiger partial charge in [0.05, 0.1) is 16.7 Å². The summed E-state index contributed by atoms with van der Waals surface area (Å²) in [6.45, 7) is 12.9. The number of carbonyl (C=O) groups is 4. The van der Waals surface area contributed by atoms with Crippen LogP contribution in [0.5, 0.6) is 23.0 Å². The zero-order valence-electron chi connectivity index (χ0n) is 33.5. The molecule has 7 aromatic carbocycles. The molecule has 0 unspecified atom stereocenters. The summed E-state index contributed by atoms with van der Waals surface area (Å²) in [6, 6.07) is 26.3. The molecule has 8 heteroatoms. The molecule has 0 spiro atoms. The zero-order valence-corrected chi connectivity index (χ0v) is 33.5. The van der Waals surface area contributed by atoms with Gasteiger partial charge in [-0.2, -0.15) is 0 Å². The van der Waals surface area contributed by atoms with Gasteiger partial charge in [0.25, 0.3) is 11.8 Å². The average molecular weight is 770 g/mol. The Bertz CT molecular complexity index is 2920. The van der Waals surface area contributed by atoms with Gasteiger partial charge in [-0.1, -0.05) is 97.2 Å². The van der Waals surface area contributed by atoms with E-state index in [2.05, 4.69) is 41.5 Å². The molecule has 0 atom stereocenters. The van der Waals surface area contributed by atoms with Crippen LogP contribution < -0.4 is 9.47 Å². The number of benzene rings is 7. The van der Waals surface area contributed by atoms with Gasteiger partial charge < -0.3 is 14.2 Å². The van der Waals surface area contributed by atoms with Crippen LogP contribution in [0.1, 0.15) is 126 Å². The number of imide groups is 1. The first-order valence-electron chi connectivity index (χ1n) is 20.2. The molecule has 10 rings (SSSR count). The van der Waals surface area contributed by atoms with E-state index in [0.717, 1.165) is 43.2 Å². The number of fused-ring (bicyclic) bond motifs is 2. The van der Waals surface area contributed by atoms with Crippen molar-refractivity contribution in [3.8, 4) is 23.0 Å². The molecular formula is C50H43NO7. The van der Waals surface area contributed by atoms with Crippen molar-refractivity contribution in [2.24, 2.45) is 0 Å². The zero-order chi connectivity index (χ0) is 40.4. The van der Waals surface area contributed by atoms with Crippen molar-refractivity contribution >= 4 is 66.8 Å². The van der Waals surface area contributed by atoms with E-state index in [0.29, 0.717) is 77.2 Å². The lowest BCUT2D eigenvalue weighted by Gasteiger charge is -2.36. The van der Waals surface area contributed by atoms with Crippen LogP contribution in [0.25, 0.3) is 43.1 Å². The van der Waals surface area contributed by atoms with E-state index in [4.69, 9.17) is 14.2 Å². The standard InChI is InChI=1S/C50H43NO7/c1-49(2,3)26-12-16-29(17-13-26)56-37-24-35-39-33(45(52)51(46(35)53)28-10-8-7-9-11-28)22-20-31-42-38(57-30-18-14-27(15-19-30)50(4,5)6)25-36-40-34(47(54)58-48(36)55)23-21-32(44(40)42)41(37)43(31)39/h12-25,28H,7-11H2,1-6H3. The van der Waals surface area contributed by atoms with Crippen LogP contribution in [0.2, 0.25) is 0 Å². The summed E-state index contributed by atoms with van der Waals surface area (Å²) in [5.74, 6) is -0.197. The summed E-state index contributed by atoms with van der Waals surface area (Å²) < 4.78 is 18.8. The first-order valence-corrected chi connectivity index (χ1v) is 20.2. The second kappa shape index (κ2) is 12.6. The molecule has 1 aliphatic carbocycles. The minimum absolute atomic E-state index is 0.0722. The number of nitrogens with zero attached hydrogens (tertiary/aromatic N) is 1. The van der Waals surface area contributed by atoms with E-state index < -0.39 is 11.9 Å². The maximum Gasteiger partial charge on any atom is 0.346 e. The molecule has 0 aromatic heterocycles. The number of esters is 2. The summed E-state index contributed by atoms with van der Waals surface area (Å²) >= 11 is 0. The second-order valence-corrected chi connectivity index (χ2v) is 18.1. The van der Waals surface area contributed by atoms with E-state index in [9.17, 15) is 19.2 Å². The van der Waals surface area contributed by atoms with E-state index in [-0.39, 0.29) is 39.8 Å².